The van der Waals surface area contributed by atoms with Gasteiger partial charge in [0.15, 0.2) is 0 Å². The first-order valence-corrected chi connectivity index (χ1v) is 9.01. The van der Waals surface area contributed by atoms with Crippen molar-refractivity contribution < 1.29 is 9.18 Å². The Morgan fingerprint density at radius 1 is 1.08 bits per heavy atom. The predicted octanol–water partition coefficient (Wildman–Crippen LogP) is 2.66. The lowest BCUT2D eigenvalue weighted by molar-refractivity contribution is 0.0740. The van der Waals surface area contributed by atoms with E-state index in [9.17, 15) is 9.18 Å². The summed E-state index contributed by atoms with van der Waals surface area (Å²) in [7, 11) is 0. The minimum atomic E-state index is -0.456. The minimum absolute atomic E-state index is 0.150. The summed E-state index contributed by atoms with van der Waals surface area (Å²) in [4.78, 5) is 21.6. The van der Waals surface area contributed by atoms with Crippen LogP contribution in [-0.2, 0) is 19.6 Å². The van der Waals surface area contributed by atoms with Crippen molar-refractivity contribution in [2.45, 2.75) is 38.9 Å². The maximum atomic E-state index is 14.0. The standard InChI is InChI=1S/C19H23FN4O/c20-16-7-2-1-6-15(16)19(25)23-10-5-11-24-14-21-17(18(24)13-23)12-22-8-3-4-9-22/h1-2,6-7,14H,3-5,8-13H2. The molecule has 1 amide bonds. The predicted molar refractivity (Wildman–Crippen MR) is 92.5 cm³/mol. The van der Waals surface area contributed by atoms with E-state index in [4.69, 9.17) is 0 Å². The fourth-order valence-electron chi connectivity index (χ4n) is 3.78. The third-order valence-electron chi connectivity index (χ3n) is 5.16. The van der Waals surface area contributed by atoms with Gasteiger partial charge in [-0.1, -0.05) is 12.1 Å². The molecule has 5 nitrogen and oxygen atoms in total. The second-order valence-corrected chi connectivity index (χ2v) is 6.87. The van der Waals surface area contributed by atoms with E-state index in [2.05, 4.69) is 14.5 Å². The topological polar surface area (TPSA) is 41.4 Å². The zero-order valence-electron chi connectivity index (χ0n) is 14.3. The molecule has 1 saturated heterocycles. The van der Waals surface area contributed by atoms with Crippen LogP contribution in [0.15, 0.2) is 30.6 Å². The van der Waals surface area contributed by atoms with Gasteiger partial charge < -0.3 is 9.47 Å². The molecule has 4 rings (SSSR count). The summed E-state index contributed by atoms with van der Waals surface area (Å²) in [6.45, 7) is 5.05. The molecule has 0 bridgehead atoms. The molecule has 1 aromatic heterocycles. The van der Waals surface area contributed by atoms with Crippen molar-refractivity contribution in [1.29, 1.82) is 0 Å². The Morgan fingerprint density at radius 2 is 1.88 bits per heavy atom. The number of carbonyl (C=O) groups is 1. The normalized spacial score (nSPS) is 18.2. The van der Waals surface area contributed by atoms with Crippen LogP contribution < -0.4 is 0 Å². The zero-order chi connectivity index (χ0) is 17.2. The third kappa shape index (κ3) is 3.31. The Morgan fingerprint density at radius 3 is 2.68 bits per heavy atom. The molecule has 0 unspecified atom stereocenters. The number of aromatic nitrogens is 2. The van der Waals surface area contributed by atoms with Crippen LogP contribution in [0.5, 0.6) is 0 Å². The van der Waals surface area contributed by atoms with Crippen molar-refractivity contribution >= 4 is 5.91 Å². The number of aryl methyl sites for hydroxylation is 1. The molecule has 2 aliphatic heterocycles. The maximum Gasteiger partial charge on any atom is 0.257 e. The van der Waals surface area contributed by atoms with Crippen LogP contribution in [0.1, 0.15) is 41.0 Å². The fourth-order valence-corrected chi connectivity index (χ4v) is 3.78. The van der Waals surface area contributed by atoms with Crippen molar-refractivity contribution in [3.63, 3.8) is 0 Å². The molecule has 3 heterocycles. The van der Waals surface area contributed by atoms with Crippen LogP contribution in [0.3, 0.4) is 0 Å². The molecule has 0 spiro atoms. The number of benzene rings is 1. The lowest BCUT2D eigenvalue weighted by Crippen LogP contribution is -2.32. The largest absolute Gasteiger partial charge is 0.333 e. The number of halogens is 1. The molecule has 2 aliphatic rings. The Bertz CT molecular complexity index is 767. The van der Waals surface area contributed by atoms with Crippen molar-refractivity contribution in [3.05, 3.63) is 53.4 Å². The molecule has 6 heteroatoms. The van der Waals surface area contributed by atoms with Gasteiger partial charge in [0.1, 0.15) is 5.82 Å². The zero-order valence-corrected chi connectivity index (χ0v) is 14.3. The highest BCUT2D eigenvalue weighted by atomic mass is 19.1. The van der Waals surface area contributed by atoms with Gasteiger partial charge in [-0.3, -0.25) is 9.69 Å². The van der Waals surface area contributed by atoms with Crippen molar-refractivity contribution in [1.82, 2.24) is 19.4 Å². The summed E-state index contributed by atoms with van der Waals surface area (Å²) >= 11 is 0. The molecular weight excluding hydrogens is 319 g/mol. The summed E-state index contributed by atoms with van der Waals surface area (Å²) in [6.07, 6.45) is 5.23. The SMILES string of the molecule is O=C(c1ccccc1F)N1CCCn2cnc(CN3CCCC3)c2C1. The molecule has 0 atom stereocenters. The molecule has 0 N–H and O–H groups in total. The van der Waals surface area contributed by atoms with E-state index < -0.39 is 5.82 Å². The average molecular weight is 342 g/mol. The molecule has 132 valence electrons. The minimum Gasteiger partial charge on any atom is -0.333 e. The summed E-state index contributed by atoms with van der Waals surface area (Å²) < 4.78 is 16.2. The van der Waals surface area contributed by atoms with Gasteiger partial charge >= 0.3 is 0 Å². The lowest BCUT2D eigenvalue weighted by Gasteiger charge is -2.22. The number of likely N-dealkylation sites (tertiary alicyclic amines) is 1. The monoisotopic (exact) mass is 342 g/mol. The van der Waals surface area contributed by atoms with Crippen molar-refractivity contribution in [3.8, 4) is 0 Å². The van der Waals surface area contributed by atoms with E-state index in [1.54, 1.807) is 23.1 Å². The summed E-state index contributed by atoms with van der Waals surface area (Å²) in [6, 6.07) is 6.22. The van der Waals surface area contributed by atoms with E-state index in [0.717, 1.165) is 44.0 Å². The van der Waals surface area contributed by atoms with Crippen molar-refractivity contribution in [2.24, 2.45) is 0 Å². The Balaban J connectivity index is 1.56. The van der Waals surface area contributed by atoms with Gasteiger partial charge in [-0.2, -0.15) is 0 Å². The number of rotatable bonds is 3. The van der Waals surface area contributed by atoms with E-state index in [1.807, 2.05) is 6.33 Å². The number of amides is 1. The van der Waals surface area contributed by atoms with Gasteiger partial charge in [-0.15, -0.1) is 0 Å². The van der Waals surface area contributed by atoms with Crippen LogP contribution in [-0.4, -0.2) is 44.9 Å². The first-order chi connectivity index (χ1) is 12.2. The summed E-state index contributed by atoms with van der Waals surface area (Å²) in [5, 5.41) is 0. The summed E-state index contributed by atoms with van der Waals surface area (Å²) in [5.74, 6) is -0.692. The van der Waals surface area contributed by atoms with Crippen LogP contribution >= 0.6 is 0 Å². The van der Waals surface area contributed by atoms with E-state index >= 15 is 0 Å². The Hall–Kier alpha value is -2.21. The van der Waals surface area contributed by atoms with E-state index in [1.165, 1.54) is 18.9 Å². The number of hydrogen-bond donors (Lipinski definition) is 0. The van der Waals surface area contributed by atoms with Crippen molar-refractivity contribution in [2.75, 3.05) is 19.6 Å². The average Bonchev–Trinajstić information content (AvgIpc) is 3.20. The molecule has 0 saturated carbocycles. The molecule has 25 heavy (non-hydrogen) atoms. The first kappa shape index (κ1) is 16.3. The van der Waals surface area contributed by atoms with Crippen LogP contribution in [0.2, 0.25) is 0 Å². The van der Waals surface area contributed by atoms with Gasteiger partial charge in [-0.05, 0) is 44.5 Å². The number of carbonyl (C=O) groups excluding carboxylic acids is 1. The fraction of sp³-hybridized carbons (Fsp3) is 0.474. The highest BCUT2D eigenvalue weighted by molar-refractivity contribution is 5.94. The Labute approximate surface area is 147 Å². The van der Waals surface area contributed by atoms with Gasteiger partial charge in [0, 0.05) is 19.6 Å². The number of hydrogen-bond acceptors (Lipinski definition) is 3. The quantitative estimate of drug-likeness (QED) is 0.861. The molecule has 1 aromatic carbocycles. The highest BCUT2D eigenvalue weighted by Crippen LogP contribution is 2.21. The number of fused-ring (bicyclic) bond motifs is 1. The number of nitrogens with zero attached hydrogens (tertiary/aromatic N) is 4. The molecule has 0 aliphatic carbocycles. The summed E-state index contributed by atoms with van der Waals surface area (Å²) in [5.41, 5.74) is 2.29. The van der Waals surface area contributed by atoms with Gasteiger partial charge in [0.25, 0.3) is 5.91 Å². The van der Waals surface area contributed by atoms with Crippen LogP contribution in [0.4, 0.5) is 4.39 Å². The number of imidazole rings is 1. The Kier molecular flexibility index (Phi) is 4.53. The van der Waals surface area contributed by atoms with E-state index in [0.29, 0.717) is 13.1 Å². The highest BCUT2D eigenvalue weighted by Gasteiger charge is 2.25. The maximum absolute atomic E-state index is 14.0. The van der Waals surface area contributed by atoms with Gasteiger partial charge in [-0.25, -0.2) is 9.37 Å². The smallest absolute Gasteiger partial charge is 0.257 e. The molecule has 2 aromatic rings. The third-order valence-corrected chi connectivity index (χ3v) is 5.16. The lowest BCUT2D eigenvalue weighted by atomic mass is 10.1. The second kappa shape index (κ2) is 6.96. The van der Waals surface area contributed by atoms with E-state index in [-0.39, 0.29) is 11.5 Å². The van der Waals surface area contributed by atoms with Gasteiger partial charge in [0.2, 0.25) is 0 Å². The molecule has 1 fully saturated rings. The first-order valence-electron chi connectivity index (χ1n) is 9.01. The molecular formula is C19H23FN4O. The molecule has 0 radical (unpaired) electrons. The van der Waals surface area contributed by atoms with Gasteiger partial charge in [0.05, 0.1) is 29.8 Å². The second-order valence-electron chi connectivity index (χ2n) is 6.87. The van der Waals surface area contributed by atoms with Crippen LogP contribution in [0, 0.1) is 5.82 Å². The van der Waals surface area contributed by atoms with Crippen LogP contribution in [0.25, 0.3) is 0 Å².